The Hall–Kier alpha value is -0.980. The van der Waals surface area contributed by atoms with Gasteiger partial charge < -0.3 is 19.3 Å². The van der Waals surface area contributed by atoms with E-state index >= 15 is 0 Å². The Labute approximate surface area is 125 Å². The third-order valence-corrected chi connectivity index (χ3v) is 4.44. The summed E-state index contributed by atoms with van der Waals surface area (Å²) in [5.74, 6) is 1.50. The Balaban J connectivity index is 1.72. The van der Waals surface area contributed by atoms with Crippen molar-refractivity contribution < 1.29 is 14.0 Å². The van der Waals surface area contributed by atoms with Crippen LogP contribution in [0.1, 0.15) is 57.2 Å². The van der Waals surface area contributed by atoms with E-state index in [2.05, 4.69) is 29.3 Å². The number of nitrogens with one attached hydrogen (secondary N) is 1. The van der Waals surface area contributed by atoms with Crippen LogP contribution in [0.5, 0.6) is 0 Å². The Morgan fingerprint density at radius 2 is 2.24 bits per heavy atom. The molecule has 3 rings (SSSR count). The van der Waals surface area contributed by atoms with Crippen molar-refractivity contribution >= 4 is 0 Å². The monoisotopic (exact) mass is 295 g/mol. The molecule has 6 nitrogen and oxygen atoms in total. The Kier molecular flexibility index (Phi) is 4.57. The number of hydrogen-bond acceptors (Lipinski definition) is 6. The fourth-order valence-electron chi connectivity index (χ4n) is 3.04. The smallest absolute Gasteiger partial charge is 0.233 e. The van der Waals surface area contributed by atoms with E-state index in [9.17, 15) is 0 Å². The van der Waals surface area contributed by atoms with Crippen molar-refractivity contribution in [3.05, 3.63) is 11.7 Å². The summed E-state index contributed by atoms with van der Waals surface area (Å²) in [7, 11) is 0. The SMILES string of the molecule is CCCNC1COCC1c1nc(C2(C)CCCCO2)no1. The molecule has 1 aromatic rings. The van der Waals surface area contributed by atoms with Crippen molar-refractivity contribution in [1.29, 1.82) is 0 Å². The normalized spacial score (nSPS) is 33.4. The lowest BCUT2D eigenvalue weighted by Gasteiger charge is -2.30. The van der Waals surface area contributed by atoms with Crippen LogP contribution in [0.15, 0.2) is 4.52 Å². The van der Waals surface area contributed by atoms with E-state index in [4.69, 9.17) is 14.0 Å². The molecule has 2 aliphatic rings. The third-order valence-electron chi connectivity index (χ3n) is 4.44. The van der Waals surface area contributed by atoms with Gasteiger partial charge in [0.2, 0.25) is 11.7 Å². The molecule has 2 fully saturated rings. The van der Waals surface area contributed by atoms with Gasteiger partial charge in [-0.25, -0.2) is 0 Å². The third kappa shape index (κ3) is 3.12. The van der Waals surface area contributed by atoms with E-state index in [1.165, 1.54) is 0 Å². The molecule has 3 atom stereocenters. The highest BCUT2D eigenvalue weighted by atomic mass is 16.5. The number of ether oxygens (including phenoxy) is 2. The topological polar surface area (TPSA) is 69.4 Å². The summed E-state index contributed by atoms with van der Waals surface area (Å²) in [5.41, 5.74) is -0.397. The van der Waals surface area contributed by atoms with Crippen molar-refractivity contribution in [3.63, 3.8) is 0 Å². The summed E-state index contributed by atoms with van der Waals surface area (Å²) in [6, 6.07) is 0.262. The van der Waals surface area contributed by atoms with Gasteiger partial charge in [0.25, 0.3) is 0 Å². The molecule has 0 aromatic carbocycles. The molecule has 3 heterocycles. The van der Waals surface area contributed by atoms with E-state index in [-0.39, 0.29) is 12.0 Å². The van der Waals surface area contributed by atoms with Crippen LogP contribution in [0.2, 0.25) is 0 Å². The van der Waals surface area contributed by atoms with Gasteiger partial charge >= 0.3 is 0 Å². The van der Waals surface area contributed by atoms with Crippen molar-refractivity contribution in [3.8, 4) is 0 Å². The van der Waals surface area contributed by atoms with Crippen LogP contribution >= 0.6 is 0 Å². The highest BCUT2D eigenvalue weighted by Gasteiger charge is 2.38. The van der Waals surface area contributed by atoms with Crippen LogP contribution in [0, 0.1) is 0 Å². The predicted octanol–water partition coefficient (Wildman–Crippen LogP) is 1.97. The maximum atomic E-state index is 5.89. The average molecular weight is 295 g/mol. The van der Waals surface area contributed by atoms with Gasteiger partial charge in [0.15, 0.2) is 0 Å². The van der Waals surface area contributed by atoms with E-state index < -0.39 is 5.60 Å². The highest BCUT2D eigenvalue weighted by molar-refractivity contribution is 5.07. The van der Waals surface area contributed by atoms with Crippen LogP contribution in [-0.2, 0) is 15.1 Å². The summed E-state index contributed by atoms with van der Waals surface area (Å²) in [6.07, 6.45) is 4.31. The zero-order chi connectivity index (χ0) is 14.7. The van der Waals surface area contributed by atoms with Crippen molar-refractivity contribution in [2.24, 2.45) is 0 Å². The van der Waals surface area contributed by atoms with Gasteiger partial charge in [-0.2, -0.15) is 4.98 Å². The summed E-state index contributed by atoms with van der Waals surface area (Å²) >= 11 is 0. The first-order valence-corrected chi connectivity index (χ1v) is 8.02. The molecule has 1 aromatic heterocycles. The molecule has 6 heteroatoms. The molecule has 0 radical (unpaired) electrons. The lowest BCUT2D eigenvalue weighted by atomic mass is 9.95. The first-order valence-electron chi connectivity index (χ1n) is 8.02. The second-order valence-electron chi connectivity index (χ2n) is 6.20. The molecule has 118 valence electrons. The number of aromatic nitrogens is 2. The molecule has 0 saturated carbocycles. The lowest BCUT2D eigenvalue weighted by molar-refractivity contribution is -0.0770. The summed E-state index contributed by atoms with van der Waals surface area (Å²) < 4.78 is 17.0. The van der Waals surface area contributed by atoms with Gasteiger partial charge in [-0.1, -0.05) is 12.1 Å². The second kappa shape index (κ2) is 6.42. The molecular weight excluding hydrogens is 270 g/mol. The maximum Gasteiger partial charge on any atom is 0.233 e. The van der Waals surface area contributed by atoms with E-state index in [0.29, 0.717) is 24.9 Å². The highest BCUT2D eigenvalue weighted by Crippen LogP contribution is 2.34. The van der Waals surface area contributed by atoms with Gasteiger partial charge in [0.05, 0.1) is 19.1 Å². The molecule has 0 aliphatic carbocycles. The minimum Gasteiger partial charge on any atom is -0.379 e. The minimum absolute atomic E-state index is 0.144. The summed E-state index contributed by atoms with van der Waals surface area (Å²) in [6.45, 7) is 7.30. The fourth-order valence-corrected chi connectivity index (χ4v) is 3.04. The summed E-state index contributed by atoms with van der Waals surface area (Å²) in [5, 5.41) is 7.67. The van der Waals surface area contributed by atoms with Crippen LogP contribution in [-0.4, -0.2) is 42.5 Å². The van der Waals surface area contributed by atoms with Crippen molar-refractivity contribution in [2.45, 2.75) is 57.1 Å². The van der Waals surface area contributed by atoms with Crippen LogP contribution < -0.4 is 5.32 Å². The minimum atomic E-state index is -0.397. The van der Waals surface area contributed by atoms with E-state index in [1.807, 2.05) is 0 Å². The van der Waals surface area contributed by atoms with Gasteiger partial charge in [-0.3, -0.25) is 0 Å². The number of rotatable bonds is 5. The maximum absolute atomic E-state index is 5.89. The largest absolute Gasteiger partial charge is 0.379 e. The average Bonchev–Trinajstić information content (AvgIpc) is 3.14. The lowest BCUT2D eigenvalue weighted by Crippen LogP contribution is -2.35. The Morgan fingerprint density at radius 3 is 3.00 bits per heavy atom. The molecule has 1 N–H and O–H groups in total. The van der Waals surface area contributed by atoms with Crippen molar-refractivity contribution in [1.82, 2.24) is 15.5 Å². The van der Waals surface area contributed by atoms with E-state index in [0.717, 1.165) is 38.8 Å². The molecule has 0 spiro atoms. The van der Waals surface area contributed by atoms with Gasteiger partial charge in [0.1, 0.15) is 5.60 Å². The molecule has 2 saturated heterocycles. The Bertz CT molecular complexity index is 457. The first kappa shape index (κ1) is 14.9. The standard InChI is InChI=1S/C15H25N3O3/c1-3-7-16-12-10-19-9-11(12)13-17-14(18-21-13)15(2)6-4-5-8-20-15/h11-12,16H,3-10H2,1-2H3. The fraction of sp³-hybridized carbons (Fsp3) is 0.867. The molecule has 3 unspecified atom stereocenters. The molecule has 0 amide bonds. The predicted molar refractivity (Wildman–Crippen MR) is 77.1 cm³/mol. The number of hydrogen-bond donors (Lipinski definition) is 1. The van der Waals surface area contributed by atoms with Crippen LogP contribution in [0.25, 0.3) is 0 Å². The first-order chi connectivity index (χ1) is 10.2. The second-order valence-corrected chi connectivity index (χ2v) is 6.20. The van der Waals surface area contributed by atoms with Crippen LogP contribution in [0.3, 0.4) is 0 Å². The Morgan fingerprint density at radius 1 is 1.33 bits per heavy atom. The number of nitrogens with zero attached hydrogens (tertiary/aromatic N) is 2. The molecule has 21 heavy (non-hydrogen) atoms. The van der Waals surface area contributed by atoms with E-state index in [1.54, 1.807) is 0 Å². The van der Waals surface area contributed by atoms with Crippen LogP contribution in [0.4, 0.5) is 0 Å². The zero-order valence-electron chi connectivity index (χ0n) is 12.9. The molecule has 0 bridgehead atoms. The summed E-state index contributed by atoms with van der Waals surface area (Å²) in [4.78, 5) is 4.62. The van der Waals surface area contributed by atoms with Gasteiger partial charge in [-0.15, -0.1) is 0 Å². The molecular formula is C15H25N3O3. The van der Waals surface area contributed by atoms with Gasteiger partial charge in [-0.05, 0) is 39.2 Å². The zero-order valence-corrected chi connectivity index (χ0v) is 12.9. The van der Waals surface area contributed by atoms with Gasteiger partial charge in [0, 0.05) is 12.6 Å². The molecule has 2 aliphatic heterocycles. The van der Waals surface area contributed by atoms with Crippen molar-refractivity contribution in [2.75, 3.05) is 26.4 Å². The quantitative estimate of drug-likeness (QED) is 0.895.